The average molecular weight is 282 g/mol. The van der Waals surface area contributed by atoms with Crippen molar-refractivity contribution in [3.05, 3.63) is 29.6 Å². The van der Waals surface area contributed by atoms with E-state index in [1.807, 2.05) is 0 Å². The van der Waals surface area contributed by atoms with Crippen molar-refractivity contribution in [2.24, 2.45) is 0 Å². The van der Waals surface area contributed by atoms with Crippen LogP contribution < -0.4 is 10.6 Å². The maximum Gasteiger partial charge on any atom is 0.247 e. The summed E-state index contributed by atoms with van der Waals surface area (Å²) in [4.78, 5) is 23.4. The predicted molar refractivity (Wildman–Crippen MR) is 73.6 cm³/mol. The van der Waals surface area contributed by atoms with E-state index in [1.165, 1.54) is 6.07 Å². The van der Waals surface area contributed by atoms with Crippen molar-refractivity contribution in [3.8, 4) is 0 Å². The van der Waals surface area contributed by atoms with Crippen LogP contribution in [0.25, 0.3) is 0 Å². The number of amides is 2. The van der Waals surface area contributed by atoms with Crippen molar-refractivity contribution in [1.29, 1.82) is 0 Å². The van der Waals surface area contributed by atoms with Gasteiger partial charge < -0.3 is 10.6 Å². The summed E-state index contributed by atoms with van der Waals surface area (Å²) in [6.45, 7) is 1.66. The molecule has 1 aliphatic rings. The van der Waals surface area contributed by atoms with Crippen LogP contribution in [0.4, 0.5) is 10.1 Å². The highest BCUT2D eigenvalue weighted by Crippen LogP contribution is 2.15. The van der Waals surface area contributed by atoms with E-state index in [0.29, 0.717) is 23.4 Å². The van der Waals surface area contributed by atoms with Gasteiger partial charge in [-0.2, -0.15) is 11.8 Å². The summed E-state index contributed by atoms with van der Waals surface area (Å²) in [6, 6.07) is 3.95. The molecule has 2 amide bonds. The molecule has 1 atom stereocenters. The fraction of sp³-hybridized carbons (Fsp3) is 0.385. The third-order valence-corrected chi connectivity index (χ3v) is 3.91. The number of benzene rings is 1. The molecule has 6 heteroatoms. The molecule has 0 saturated carbocycles. The minimum atomic E-state index is -0.565. The first kappa shape index (κ1) is 13.9. The van der Waals surface area contributed by atoms with Gasteiger partial charge in [-0.1, -0.05) is 6.07 Å². The van der Waals surface area contributed by atoms with Crippen LogP contribution in [-0.2, 0) is 9.59 Å². The highest BCUT2D eigenvalue weighted by Gasteiger charge is 2.23. The Morgan fingerprint density at radius 1 is 1.53 bits per heavy atom. The van der Waals surface area contributed by atoms with Crippen LogP contribution in [0.15, 0.2) is 18.2 Å². The van der Waals surface area contributed by atoms with Crippen LogP contribution in [-0.4, -0.2) is 29.4 Å². The molecule has 1 heterocycles. The van der Waals surface area contributed by atoms with Crippen molar-refractivity contribution in [1.82, 2.24) is 5.32 Å². The largest absolute Gasteiger partial charge is 0.343 e. The number of rotatable bonds is 2. The molecule has 102 valence electrons. The van der Waals surface area contributed by atoms with Crippen molar-refractivity contribution in [2.75, 3.05) is 16.8 Å². The average Bonchev–Trinajstić information content (AvgIpc) is 2.58. The van der Waals surface area contributed by atoms with Gasteiger partial charge in [0, 0.05) is 23.6 Å². The molecule has 19 heavy (non-hydrogen) atoms. The number of hydrogen-bond acceptors (Lipinski definition) is 3. The molecule has 1 aliphatic heterocycles. The molecular formula is C13H15FN2O2S. The second kappa shape index (κ2) is 6.06. The molecule has 0 aromatic heterocycles. The highest BCUT2D eigenvalue weighted by atomic mass is 32.2. The molecule has 1 aromatic rings. The van der Waals surface area contributed by atoms with Crippen LogP contribution in [0.5, 0.6) is 0 Å². The van der Waals surface area contributed by atoms with E-state index < -0.39 is 6.04 Å². The van der Waals surface area contributed by atoms with Gasteiger partial charge >= 0.3 is 0 Å². The normalized spacial score (nSPS) is 19.5. The van der Waals surface area contributed by atoms with Crippen molar-refractivity contribution >= 4 is 29.3 Å². The first-order chi connectivity index (χ1) is 9.06. The molecule has 1 saturated heterocycles. The summed E-state index contributed by atoms with van der Waals surface area (Å²) < 4.78 is 13.4. The number of hydrogen-bond donors (Lipinski definition) is 2. The van der Waals surface area contributed by atoms with E-state index in [0.717, 1.165) is 5.75 Å². The lowest BCUT2D eigenvalue weighted by atomic mass is 10.2. The second-order valence-corrected chi connectivity index (χ2v) is 5.55. The molecule has 2 rings (SSSR count). The molecule has 0 unspecified atom stereocenters. The van der Waals surface area contributed by atoms with E-state index in [1.54, 1.807) is 30.8 Å². The monoisotopic (exact) mass is 282 g/mol. The van der Waals surface area contributed by atoms with Crippen LogP contribution in [0.3, 0.4) is 0 Å². The van der Waals surface area contributed by atoms with E-state index >= 15 is 0 Å². The molecule has 0 radical (unpaired) electrons. The fourth-order valence-corrected chi connectivity index (χ4v) is 2.68. The summed E-state index contributed by atoms with van der Waals surface area (Å²) in [5.74, 6) is 0.448. The Bertz CT molecular complexity index is 507. The molecule has 1 fully saturated rings. The number of carbonyl (C=O) groups is 2. The molecule has 4 nitrogen and oxygen atoms in total. The molecule has 0 aliphatic carbocycles. The first-order valence-corrected chi connectivity index (χ1v) is 7.16. The maximum absolute atomic E-state index is 13.4. The SMILES string of the molecule is Cc1ccc(NC(=O)[C@H]2CSCCC(=O)N2)cc1F. The number of carbonyl (C=O) groups excluding carboxylic acids is 2. The zero-order chi connectivity index (χ0) is 13.8. The molecular weight excluding hydrogens is 267 g/mol. The molecule has 1 aromatic carbocycles. The third kappa shape index (κ3) is 3.70. The summed E-state index contributed by atoms with van der Waals surface area (Å²) in [6.07, 6.45) is 0.424. The lowest BCUT2D eigenvalue weighted by molar-refractivity contribution is -0.125. The lowest BCUT2D eigenvalue weighted by Crippen LogP contribution is -2.44. The molecule has 0 bridgehead atoms. The van der Waals surface area contributed by atoms with Gasteiger partial charge in [-0.25, -0.2) is 4.39 Å². The first-order valence-electron chi connectivity index (χ1n) is 6.00. The Morgan fingerprint density at radius 2 is 2.32 bits per heavy atom. The predicted octanol–water partition coefficient (Wildman–Crippen LogP) is 1.69. The van der Waals surface area contributed by atoms with E-state index in [2.05, 4.69) is 10.6 Å². The van der Waals surface area contributed by atoms with E-state index in [9.17, 15) is 14.0 Å². The molecule has 0 spiro atoms. The Balaban J connectivity index is 2.03. The number of halogens is 1. The van der Waals surface area contributed by atoms with E-state index in [-0.39, 0.29) is 17.6 Å². The second-order valence-electron chi connectivity index (χ2n) is 4.40. The van der Waals surface area contributed by atoms with Crippen LogP contribution in [0.1, 0.15) is 12.0 Å². The van der Waals surface area contributed by atoms with Crippen molar-refractivity contribution in [2.45, 2.75) is 19.4 Å². The van der Waals surface area contributed by atoms with Gasteiger partial charge in [-0.15, -0.1) is 0 Å². The summed E-state index contributed by atoms with van der Waals surface area (Å²) in [5, 5.41) is 5.28. The number of thioether (sulfide) groups is 1. The zero-order valence-electron chi connectivity index (χ0n) is 10.5. The summed E-state index contributed by atoms with van der Waals surface area (Å²) in [7, 11) is 0. The van der Waals surface area contributed by atoms with Gasteiger partial charge in [0.05, 0.1) is 0 Å². The Morgan fingerprint density at radius 3 is 3.05 bits per heavy atom. The van der Waals surface area contributed by atoms with Gasteiger partial charge in [-0.3, -0.25) is 9.59 Å². The van der Waals surface area contributed by atoms with Crippen molar-refractivity contribution in [3.63, 3.8) is 0 Å². The fourth-order valence-electron chi connectivity index (χ4n) is 1.72. The number of nitrogens with one attached hydrogen (secondary N) is 2. The quantitative estimate of drug-likeness (QED) is 0.868. The summed E-state index contributed by atoms with van der Waals surface area (Å²) in [5.41, 5.74) is 0.924. The minimum Gasteiger partial charge on any atom is -0.343 e. The van der Waals surface area contributed by atoms with Gasteiger partial charge in [0.15, 0.2) is 0 Å². The van der Waals surface area contributed by atoms with Gasteiger partial charge in [-0.05, 0) is 24.6 Å². The number of aryl methyl sites for hydroxylation is 1. The van der Waals surface area contributed by atoms with Gasteiger partial charge in [0.1, 0.15) is 11.9 Å². The summed E-state index contributed by atoms with van der Waals surface area (Å²) >= 11 is 1.55. The van der Waals surface area contributed by atoms with Gasteiger partial charge in [0.25, 0.3) is 0 Å². The zero-order valence-corrected chi connectivity index (χ0v) is 11.3. The lowest BCUT2D eigenvalue weighted by Gasteiger charge is -2.15. The maximum atomic E-state index is 13.4. The van der Waals surface area contributed by atoms with Gasteiger partial charge in [0.2, 0.25) is 11.8 Å². The minimum absolute atomic E-state index is 0.125. The Kier molecular flexibility index (Phi) is 4.42. The molecule has 2 N–H and O–H groups in total. The highest BCUT2D eigenvalue weighted by molar-refractivity contribution is 7.99. The van der Waals surface area contributed by atoms with Crippen LogP contribution >= 0.6 is 11.8 Å². The van der Waals surface area contributed by atoms with Crippen LogP contribution in [0, 0.1) is 12.7 Å². The Hall–Kier alpha value is -1.56. The standard InChI is InChI=1S/C13H15FN2O2S/c1-8-2-3-9(6-10(8)14)15-13(18)11-7-19-5-4-12(17)16-11/h2-3,6,11H,4-5,7H2,1H3,(H,15,18)(H,16,17)/t11-/m1/s1. The van der Waals surface area contributed by atoms with E-state index in [4.69, 9.17) is 0 Å². The third-order valence-electron chi connectivity index (χ3n) is 2.85. The topological polar surface area (TPSA) is 58.2 Å². The van der Waals surface area contributed by atoms with Crippen molar-refractivity contribution < 1.29 is 14.0 Å². The van der Waals surface area contributed by atoms with Crippen LogP contribution in [0.2, 0.25) is 0 Å². The smallest absolute Gasteiger partial charge is 0.247 e. The Labute approximate surface area is 115 Å². The number of anilines is 1.